The first kappa shape index (κ1) is 17.3. The molecule has 2 aromatic rings. The van der Waals surface area contributed by atoms with Crippen LogP contribution in [-0.4, -0.2) is 23.9 Å². The molecule has 1 heterocycles. The van der Waals surface area contributed by atoms with Crippen LogP contribution in [0.2, 0.25) is 0 Å². The number of furan rings is 1. The van der Waals surface area contributed by atoms with E-state index >= 15 is 0 Å². The average Bonchev–Trinajstić information content (AvgIpc) is 3.18. The number of carbonyl (C=O) groups excluding carboxylic acids is 2. The molecule has 1 aromatic carbocycles. The number of hydrogen-bond donors (Lipinski definition) is 2. The van der Waals surface area contributed by atoms with Crippen molar-refractivity contribution in [2.75, 3.05) is 0 Å². The Balaban J connectivity index is 1.68. The maximum atomic E-state index is 12.8. The first-order valence-corrected chi connectivity index (χ1v) is 8.91. The van der Waals surface area contributed by atoms with E-state index in [2.05, 4.69) is 10.6 Å². The number of amides is 2. The quantitative estimate of drug-likeness (QED) is 0.849. The third kappa shape index (κ3) is 4.95. The summed E-state index contributed by atoms with van der Waals surface area (Å²) >= 11 is 0. The molecule has 0 radical (unpaired) electrons. The average molecular weight is 340 g/mol. The molecule has 25 heavy (non-hydrogen) atoms. The molecule has 2 amide bonds. The molecule has 5 heteroatoms. The highest BCUT2D eigenvalue weighted by atomic mass is 16.3. The van der Waals surface area contributed by atoms with Gasteiger partial charge in [-0.1, -0.05) is 49.6 Å². The normalized spacial score (nSPS) is 16.2. The van der Waals surface area contributed by atoms with Crippen LogP contribution in [0.15, 0.2) is 53.1 Å². The molecule has 0 spiro atoms. The summed E-state index contributed by atoms with van der Waals surface area (Å²) in [6, 6.07) is 12.5. The van der Waals surface area contributed by atoms with E-state index in [0.717, 1.165) is 31.2 Å². The number of rotatable bonds is 6. The maximum Gasteiger partial charge on any atom is 0.287 e. The molecule has 0 bridgehead atoms. The summed E-state index contributed by atoms with van der Waals surface area (Å²) in [6.45, 7) is 0. The highest BCUT2D eigenvalue weighted by molar-refractivity contribution is 5.95. The largest absolute Gasteiger partial charge is 0.459 e. The van der Waals surface area contributed by atoms with Crippen LogP contribution in [0.3, 0.4) is 0 Å². The molecule has 1 fully saturated rings. The van der Waals surface area contributed by atoms with Crippen LogP contribution in [-0.2, 0) is 11.2 Å². The van der Waals surface area contributed by atoms with E-state index in [1.807, 2.05) is 30.3 Å². The van der Waals surface area contributed by atoms with Gasteiger partial charge in [0, 0.05) is 12.5 Å². The number of benzene rings is 1. The fourth-order valence-corrected chi connectivity index (χ4v) is 3.24. The number of hydrogen-bond acceptors (Lipinski definition) is 3. The van der Waals surface area contributed by atoms with Gasteiger partial charge >= 0.3 is 0 Å². The predicted molar refractivity (Wildman–Crippen MR) is 95.1 cm³/mol. The minimum absolute atomic E-state index is 0.129. The molecular formula is C20H24N2O3. The van der Waals surface area contributed by atoms with Crippen molar-refractivity contribution in [3.05, 3.63) is 60.1 Å². The highest BCUT2D eigenvalue weighted by Gasteiger charge is 2.25. The van der Waals surface area contributed by atoms with E-state index < -0.39 is 6.04 Å². The van der Waals surface area contributed by atoms with E-state index in [-0.39, 0.29) is 23.6 Å². The van der Waals surface area contributed by atoms with Gasteiger partial charge in [0.2, 0.25) is 5.91 Å². The van der Waals surface area contributed by atoms with Gasteiger partial charge in [-0.15, -0.1) is 0 Å². The highest BCUT2D eigenvalue weighted by Crippen LogP contribution is 2.17. The summed E-state index contributed by atoms with van der Waals surface area (Å²) in [6.07, 6.45) is 7.44. The molecule has 1 aliphatic carbocycles. The van der Waals surface area contributed by atoms with E-state index in [4.69, 9.17) is 4.42 Å². The van der Waals surface area contributed by atoms with Crippen LogP contribution in [0.5, 0.6) is 0 Å². The topological polar surface area (TPSA) is 71.3 Å². The Kier molecular flexibility index (Phi) is 5.88. The molecule has 1 atom stereocenters. The monoisotopic (exact) mass is 340 g/mol. The van der Waals surface area contributed by atoms with Crippen molar-refractivity contribution in [3.63, 3.8) is 0 Å². The molecule has 0 saturated heterocycles. The van der Waals surface area contributed by atoms with Crippen molar-refractivity contribution in [1.29, 1.82) is 0 Å². The van der Waals surface area contributed by atoms with Crippen LogP contribution < -0.4 is 10.6 Å². The lowest BCUT2D eigenvalue weighted by molar-refractivity contribution is -0.123. The Morgan fingerprint density at radius 2 is 1.80 bits per heavy atom. The predicted octanol–water partition coefficient (Wildman–Crippen LogP) is 3.07. The van der Waals surface area contributed by atoms with Gasteiger partial charge in [0.1, 0.15) is 6.04 Å². The van der Waals surface area contributed by atoms with Crippen molar-refractivity contribution < 1.29 is 14.0 Å². The fourth-order valence-electron chi connectivity index (χ4n) is 3.24. The number of carbonyl (C=O) groups is 2. The van der Waals surface area contributed by atoms with Gasteiger partial charge < -0.3 is 15.1 Å². The number of nitrogens with one attached hydrogen (secondary N) is 2. The van der Waals surface area contributed by atoms with Crippen LogP contribution >= 0.6 is 0 Å². The Labute approximate surface area is 147 Å². The summed E-state index contributed by atoms with van der Waals surface area (Å²) < 4.78 is 5.13. The van der Waals surface area contributed by atoms with Crippen LogP contribution in [0, 0.1) is 0 Å². The van der Waals surface area contributed by atoms with E-state index in [0.29, 0.717) is 6.42 Å². The first-order valence-electron chi connectivity index (χ1n) is 8.91. The molecule has 0 unspecified atom stereocenters. The third-order valence-corrected chi connectivity index (χ3v) is 4.60. The van der Waals surface area contributed by atoms with E-state index in [1.165, 1.54) is 12.7 Å². The van der Waals surface area contributed by atoms with E-state index in [9.17, 15) is 9.59 Å². The third-order valence-electron chi connectivity index (χ3n) is 4.60. The molecule has 1 aromatic heterocycles. The van der Waals surface area contributed by atoms with Gasteiger partial charge in [0.05, 0.1) is 6.26 Å². The van der Waals surface area contributed by atoms with Gasteiger partial charge in [-0.2, -0.15) is 0 Å². The second kappa shape index (κ2) is 8.51. The fraction of sp³-hybridized carbons (Fsp3) is 0.400. The van der Waals surface area contributed by atoms with E-state index in [1.54, 1.807) is 12.1 Å². The minimum atomic E-state index is -0.623. The standard InChI is InChI=1S/C20H24N2O3/c23-19(21-16-10-5-2-6-11-16)17(14-15-8-3-1-4-9-15)22-20(24)18-12-7-13-25-18/h1,3-4,7-9,12-13,16-17H,2,5-6,10-11,14H2,(H,21,23)(H,22,24)/t17-/m0/s1. The second-order valence-electron chi connectivity index (χ2n) is 6.54. The van der Waals surface area contributed by atoms with Gasteiger partial charge in [-0.05, 0) is 30.5 Å². The molecule has 5 nitrogen and oxygen atoms in total. The molecule has 3 rings (SSSR count). The van der Waals surface area contributed by atoms with Crippen LogP contribution in [0.25, 0.3) is 0 Å². The Morgan fingerprint density at radius 3 is 2.48 bits per heavy atom. The lowest BCUT2D eigenvalue weighted by Crippen LogP contribution is -2.51. The summed E-state index contributed by atoms with van der Waals surface area (Å²) in [4.78, 5) is 25.1. The minimum Gasteiger partial charge on any atom is -0.459 e. The maximum absolute atomic E-state index is 12.8. The zero-order valence-corrected chi connectivity index (χ0v) is 14.2. The lowest BCUT2D eigenvalue weighted by Gasteiger charge is -2.26. The summed E-state index contributed by atoms with van der Waals surface area (Å²) in [7, 11) is 0. The Morgan fingerprint density at radius 1 is 1.04 bits per heavy atom. The zero-order chi connectivity index (χ0) is 17.5. The Bertz CT molecular complexity index is 676. The molecular weight excluding hydrogens is 316 g/mol. The van der Waals surface area contributed by atoms with Crippen molar-refractivity contribution in [1.82, 2.24) is 10.6 Å². The molecule has 1 saturated carbocycles. The Hall–Kier alpha value is -2.56. The zero-order valence-electron chi connectivity index (χ0n) is 14.2. The van der Waals surface area contributed by atoms with Gasteiger partial charge in [0.15, 0.2) is 5.76 Å². The molecule has 132 valence electrons. The van der Waals surface area contributed by atoms with Crippen molar-refractivity contribution in [2.24, 2.45) is 0 Å². The van der Waals surface area contributed by atoms with Crippen LogP contribution in [0.1, 0.15) is 48.2 Å². The van der Waals surface area contributed by atoms with Gasteiger partial charge in [0.25, 0.3) is 5.91 Å². The molecule has 2 N–H and O–H groups in total. The van der Waals surface area contributed by atoms with Gasteiger partial charge in [-0.3, -0.25) is 9.59 Å². The van der Waals surface area contributed by atoms with Crippen molar-refractivity contribution in [2.45, 2.75) is 50.6 Å². The second-order valence-corrected chi connectivity index (χ2v) is 6.54. The molecule has 0 aliphatic heterocycles. The van der Waals surface area contributed by atoms with Crippen molar-refractivity contribution >= 4 is 11.8 Å². The summed E-state index contributed by atoms with van der Waals surface area (Å²) in [5, 5.41) is 5.92. The summed E-state index contributed by atoms with van der Waals surface area (Å²) in [5.74, 6) is -0.288. The summed E-state index contributed by atoms with van der Waals surface area (Å²) in [5.41, 5.74) is 1.01. The first-order chi connectivity index (χ1) is 12.2. The van der Waals surface area contributed by atoms with Crippen LogP contribution in [0.4, 0.5) is 0 Å². The lowest BCUT2D eigenvalue weighted by atomic mass is 9.95. The van der Waals surface area contributed by atoms with Crippen molar-refractivity contribution in [3.8, 4) is 0 Å². The SMILES string of the molecule is O=C(N[C@@H](Cc1ccccc1)C(=O)NC1CCCCC1)c1ccco1. The molecule has 1 aliphatic rings. The van der Waals surface area contributed by atoms with Gasteiger partial charge in [-0.25, -0.2) is 0 Å². The smallest absolute Gasteiger partial charge is 0.287 e.